The van der Waals surface area contributed by atoms with E-state index in [1.165, 1.54) is 0 Å². The molecule has 94 valence electrons. The van der Waals surface area contributed by atoms with E-state index in [0.29, 0.717) is 0 Å². The molecule has 1 aromatic heterocycles. The number of hydrogen-bond acceptors (Lipinski definition) is 4. The fourth-order valence-electron chi connectivity index (χ4n) is 1.76. The molecule has 0 aromatic carbocycles. The lowest BCUT2D eigenvalue weighted by Gasteiger charge is -2.29. The first-order valence-electron chi connectivity index (χ1n) is 5.69. The molecule has 0 fully saturated rings. The van der Waals surface area contributed by atoms with Gasteiger partial charge in [0.05, 0.1) is 6.54 Å². The minimum absolute atomic E-state index is 0.732. The Morgan fingerprint density at radius 2 is 2.47 bits per heavy atom. The molecule has 0 spiro atoms. The molecule has 1 N–H and O–H groups in total. The van der Waals surface area contributed by atoms with Gasteiger partial charge in [-0.25, -0.2) is 0 Å². The first-order chi connectivity index (χ1) is 8.31. The lowest BCUT2D eigenvalue weighted by molar-refractivity contribution is 0.195. The van der Waals surface area contributed by atoms with Crippen molar-refractivity contribution in [3.8, 4) is 0 Å². The average molecular weight is 255 g/mol. The lowest BCUT2D eigenvalue weighted by atomic mass is 10.4. The Balaban J connectivity index is 1.78. The van der Waals surface area contributed by atoms with E-state index in [1.54, 1.807) is 13.4 Å². The summed E-state index contributed by atoms with van der Waals surface area (Å²) in [6, 6.07) is 0. The summed E-state index contributed by atoms with van der Waals surface area (Å²) in [7, 11) is 1.70. The van der Waals surface area contributed by atoms with Crippen molar-refractivity contribution in [2.75, 3.05) is 26.8 Å². The van der Waals surface area contributed by atoms with Gasteiger partial charge in [-0.2, -0.15) is 0 Å². The molecule has 0 radical (unpaired) electrons. The second kappa shape index (κ2) is 5.92. The van der Waals surface area contributed by atoms with Crippen molar-refractivity contribution >= 4 is 17.3 Å². The summed E-state index contributed by atoms with van der Waals surface area (Å²) in [6.45, 7) is 4.12. The molecule has 0 atom stereocenters. The molecule has 0 saturated heterocycles. The highest BCUT2D eigenvalue weighted by Crippen LogP contribution is 2.08. The number of nitrogens with one attached hydrogen (secondary N) is 1. The van der Waals surface area contributed by atoms with E-state index in [2.05, 4.69) is 25.0 Å². The standard InChI is InChI=1S/C10H17N5OS/c1-16-6-2-3-11-10(17)14-4-5-15-8-12-13-9(15)7-14/h8H,2-7H2,1H3,(H,11,17). The van der Waals surface area contributed by atoms with Crippen molar-refractivity contribution < 1.29 is 4.74 Å². The largest absolute Gasteiger partial charge is 0.385 e. The molecule has 6 nitrogen and oxygen atoms in total. The van der Waals surface area contributed by atoms with Crippen LogP contribution in [0, 0.1) is 0 Å². The van der Waals surface area contributed by atoms with Crippen LogP contribution in [0.15, 0.2) is 6.33 Å². The van der Waals surface area contributed by atoms with Crippen molar-refractivity contribution in [2.45, 2.75) is 19.5 Å². The van der Waals surface area contributed by atoms with Crippen LogP contribution in [0.4, 0.5) is 0 Å². The highest BCUT2D eigenvalue weighted by molar-refractivity contribution is 7.80. The highest BCUT2D eigenvalue weighted by atomic mass is 32.1. The van der Waals surface area contributed by atoms with Gasteiger partial charge in [0.15, 0.2) is 10.9 Å². The predicted octanol–water partition coefficient (Wildman–Crippen LogP) is 0.00470. The third-order valence-electron chi connectivity index (χ3n) is 2.73. The smallest absolute Gasteiger partial charge is 0.169 e. The Morgan fingerprint density at radius 1 is 1.59 bits per heavy atom. The van der Waals surface area contributed by atoms with Crippen LogP contribution in [0.3, 0.4) is 0 Å². The van der Waals surface area contributed by atoms with Gasteiger partial charge >= 0.3 is 0 Å². The van der Waals surface area contributed by atoms with Gasteiger partial charge in [-0.05, 0) is 18.6 Å². The molecule has 7 heteroatoms. The number of hydrogen-bond donors (Lipinski definition) is 1. The van der Waals surface area contributed by atoms with E-state index >= 15 is 0 Å². The van der Waals surface area contributed by atoms with Crippen molar-refractivity contribution in [1.29, 1.82) is 0 Å². The first-order valence-corrected chi connectivity index (χ1v) is 6.10. The first kappa shape index (κ1) is 12.3. The van der Waals surface area contributed by atoms with Crippen LogP contribution in [0.1, 0.15) is 12.2 Å². The number of aromatic nitrogens is 3. The van der Waals surface area contributed by atoms with E-state index < -0.39 is 0 Å². The molecular weight excluding hydrogens is 238 g/mol. The Labute approximate surface area is 106 Å². The fraction of sp³-hybridized carbons (Fsp3) is 0.700. The zero-order chi connectivity index (χ0) is 12.1. The van der Waals surface area contributed by atoms with Crippen LogP contribution in [-0.2, 0) is 17.8 Å². The molecule has 1 aliphatic rings. The van der Waals surface area contributed by atoms with Gasteiger partial charge in [0.2, 0.25) is 0 Å². The molecule has 17 heavy (non-hydrogen) atoms. The van der Waals surface area contributed by atoms with Gasteiger partial charge in [0, 0.05) is 33.4 Å². The molecule has 1 aliphatic heterocycles. The van der Waals surface area contributed by atoms with Crippen LogP contribution in [0.2, 0.25) is 0 Å². The van der Waals surface area contributed by atoms with E-state index in [0.717, 1.165) is 50.1 Å². The summed E-state index contributed by atoms with van der Waals surface area (Å²) in [5, 5.41) is 12.0. The third kappa shape index (κ3) is 3.13. The fourth-order valence-corrected chi connectivity index (χ4v) is 2.02. The number of ether oxygens (including phenoxy) is 1. The second-order valence-corrected chi connectivity index (χ2v) is 4.33. The number of fused-ring (bicyclic) bond motifs is 1. The zero-order valence-corrected chi connectivity index (χ0v) is 10.7. The van der Waals surface area contributed by atoms with Crippen LogP contribution in [0.25, 0.3) is 0 Å². The molecule has 0 aliphatic carbocycles. The van der Waals surface area contributed by atoms with Gasteiger partial charge in [-0.15, -0.1) is 10.2 Å². The maximum absolute atomic E-state index is 5.34. The van der Waals surface area contributed by atoms with Gasteiger partial charge in [0.25, 0.3) is 0 Å². The summed E-state index contributed by atoms with van der Waals surface area (Å²) in [5.41, 5.74) is 0. The van der Waals surface area contributed by atoms with Gasteiger partial charge in [0.1, 0.15) is 6.33 Å². The molecule has 2 rings (SSSR count). The summed E-state index contributed by atoms with van der Waals surface area (Å²) in [4.78, 5) is 2.12. The lowest BCUT2D eigenvalue weighted by Crippen LogP contribution is -2.44. The maximum atomic E-state index is 5.34. The number of rotatable bonds is 4. The average Bonchev–Trinajstić information content (AvgIpc) is 2.81. The van der Waals surface area contributed by atoms with Gasteiger partial charge in [-0.1, -0.05) is 0 Å². The Bertz CT molecular complexity index is 381. The van der Waals surface area contributed by atoms with Crippen molar-refractivity contribution in [3.05, 3.63) is 12.2 Å². The van der Waals surface area contributed by atoms with E-state index in [4.69, 9.17) is 17.0 Å². The second-order valence-electron chi connectivity index (χ2n) is 3.94. The Hall–Kier alpha value is -1.21. The maximum Gasteiger partial charge on any atom is 0.169 e. The van der Waals surface area contributed by atoms with Gasteiger partial charge in [-0.3, -0.25) is 0 Å². The zero-order valence-electron chi connectivity index (χ0n) is 9.93. The highest BCUT2D eigenvalue weighted by Gasteiger charge is 2.18. The third-order valence-corrected chi connectivity index (χ3v) is 3.13. The molecule has 1 aromatic rings. The summed E-state index contributed by atoms with van der Waals surface area (Å²) < 4.78 is 7.05. The van der Waals surface area contributed by atoms with Crippen molar-refractivity contribution in [1.82, 2.24) is 25.0 Å². The van der Waals surface area contributed by atoms with Crippen LogP contribution in [0.5, 0.6) is 0 Å². The molecule has 2 heterocycles. The van der Waals surface area contributed by atoms with E-state index in [-0.39, 0.29) is 0 Å². The van der Waals surface area contributed by atoms with Crippen LogP contribution >= 0.6 is 12.2 Å². The number of thiocarbonyl (C=S) groups is 1. The summed E-state index contributed by atoms with van der Waals surface area (Å²) in [5.74, 6) is 0.970. The quantitative estimate of drug-likeness (QED) is 0.604. The molecule has 0 saturated carbocycles. The SMILES string of the molecule is COCCCNC(=S)N1CCn2cnnc2C1. The van der Waals surface area contributed by atoms with Crippen molar-refractivity contribution in [2.24, 2.45) is 0 Å². The van der Waals surface area contributed by atoms with Crippen LogP contribution < -0.4 is 5.32 Å². The summed E-state index contributed by atoms with van der Waals surface area (Å²) >= 11 is 5.34. The van der Waals surface area contributed by atoms with E-state index in [9.17, 15) is 0 Å². The Morgan fingerprint density at radius 3 is 3.29 bits per heavy atom. The molecule has 0 bridgehead atoms. The molecular formula is C10H17N5OS. The van der Waals surface area contributed by atoms with E-state index in [1.807, 2.05) is 0 Å². The molecule has 0 unspecified atom stereocenters. The minimum Gasteiger partial charge on any atom is -0.385 e. The minimum atomic E-state index is 0.732. The number of nitrogens with zero attached hydrogens (tertiary/aromatic N) is 4. The predicted molar refractivity (Wildman–Crippen MR) is 67.5 cm³/mol. The van der Waals surface area contributed by atoms with Crippen molar-refractivity contribution in [3.63, 3.8) is 0 Å². The summed E-state index contributed by atoms with van der Waals surface area (Å²) in [6.07, 6.45) is 2.72. The monoisotopic (exact) mass is 255 g/mol. The topological polar surface area (TPSA) is 55.2 Å². The molecule has 0 amide bonds. The van der Waals surface area contributed by atoms with Crippen LogP contribution in [-0.4, -0.2) is 51.6 Å². The van der Waals surface area contributed by atoms with Gasteiger partial charge < -0.3 is 19.5 Å². The number of methoxy groups -OCH3 is 1. The Kier molecular flexibility index (Phi) is 4.27. The normalized spacial score (nSPS) is 14.5.